The first-order chi connectivity index (χ1) is 22.7. The summed E-state index contributed by atoms with van der Waals surface area (Å²) in [5, 5.41) is 23.7. The highest BCUT2D eigenvalue weighted by Crippen LogP contribution is 2.48. The summed E-state index contributed by atoms with van der Waals surface area (Å²) >= 11 is 0. The number of pyridine rings is 3. The second kappa shape index (κ2) is 11.1. The van der Waals surface area contributed by atoms with Crippen LogP contribution in [0.3, 0.4) is 0 Å². The molecule has 0 saturated carbocycles. The standard InChI is InChI=1S/C31H30FN8O7P/c1-34-22-7-21(32)18(8-33)24-25-27(39-5-4-15-12-40(3,13-23(15)39)14-47-48(44,45)46)19(10-35-29(25)37-26(22)24)16-6-17-28(41)20(31(42)43)11-38(2)30(17)36-9-16/h6-7,9-11,15,23,34H,4-5,12-14H2,1-3H3,(H3-,35,37,42,43,44,45,46)/p+1/t15-,23+,40?/m0/s1. The molecule has 48 heavy (non-hydrogen) atoms. The zero-order chi connectivity index (χ0) is 34.3. The van der Waals surface area contributed by atoms with Gasteiger partial charge in [-0.2, -0.15) is 5.26 Å². The van der Waals surface area contributed by atoms with Crippen molar-refractivity contribution in [1.82, 2.24) is 19.5 Å². The van der Waals surface area contributed by atoms with E-state index in [1.807, 2.05) is 13.1 Å². The number of carboxylic acids is 1. The van der Waals surface area contributed by atoms with Crippen molar-refractivity contribution in [3.05, 3.63) is 57.9 Å². The number of hydrogen-bond acceptors (Lipinski definition) is 9. The quantitative estimate of drug-likeness (QED) is 0.124. The van der Waals surface area contributed by atoms with Crippen LogP contribution in [0.4, 0.5) is 15.8 Å². The minimum atomic E-state index is -4.71. The molecule has 2 aliphatic heterocycles. The molecule has 0 amide bonds. The maximum Gasteiger partial charge on any atom is 0.474 e. The Morgan fingerprint density at radius 1 is 1.27 bits per heavy atom. The van der Waals surface area contributed by atoms with Gasteiger partial charge in [0.05, 0.1) is 52.9 Å². The van der Waals surface area contributed by atoms with E-state index in [0.717, 1.165) is 6.42 Å². The Labute approximate surface area is 271 Å². The summed E-state index contributed by atoms with van der Waals surface area (Å²) in [6.07, 6.45) is 5.12. The van der Waals surface area contributed by atoms with Gasteiger partial charge < -0.3 is 39.1 Å². The molecule has 3 atom stereocenters. The minimum absolute atomic E-state index is 0.0834. The topological polar surface area (TPSA) is 207 Å². The Bertz CT molecular complexity index is 2350. The number of benzene rings is 1. The van der Waals surface area contributed by atoms with Crippen LogP contribution in [0.5, 0.6) is 0 Å². The van der Waals surface area contributed by atoms with Crippen molar-refractivity contribution in [2.75, 3.05) is 50.7 Å². The summed E-state index contributed by atoms with van der Waals surface area (Å²) in [5.74, 6) is -1.98. The van der Waals surface area contributed by atoms with Crippen molar-refractivity contribution in [2.45, 2.75) is 12.5 Å². The van der Waals surface area contributed by atoms with Gasteiger partial charge in [-0.25, -0.2) is 28.2 Å². The molecule has 0 bridgehead atoms. The van der Waals surface area contributed by atoms with Gasteiger partial charge in [0.2, 0.25) is 5.43 Å². The van der Waals surface area contributed by atoms with Gasteiger partial charge in [-0.15, -0.1) is 0 Å². The Hall–Kier alpha value is -4.91. The van der Waals surface area contributed by atoms with Crippen LogP contribution in [0.2, 0.25) is 0 Å². The second-order valence-electron chi connectivity index (χ2n) is 12.7. The number of nitrogens with zero attached hydrogens (tertiary/aromatic N) is 6. The van der Waals surface area contributed by atoms with Crippen molar-refractivity contribution in [2.24, 2.45) is 13.0 Å². The predicted octanol–water partition coefficient (Wildman–Crippen LogP) is 3.10. The maximum absolute atomic E-state index is 15.5. The molecule has 2 aliphatic rings. The van der Waals surface area contributed by atoms with Gasteiger partial charge in [-0.05, 0) is 12.5 Å². The number of carboxylic acid groups (broad SMARTS) is 1. The number of carbonyl (C=O) groups is 1. The largest absolute Gasteiger partial charge is 0.477 e. The number of rotatable bonds is 7. The smallest absolute Gasteiger partial charge is 0.474 e. The normalized spacial score (nSPS) is 20.9. The van der Waals surface area contributed by atoms with E-state index >= 15 is 4.39 Å². The molecule has 0 radical (unpaired) electrons. The summed E-state index contributed by atoms with van der Waals surface area (Å²) in [4.78, 5) is 58.6. The number of nitrogens with one attached hydrogen (secondary N) is 2. The van der Waals surface area contributed by atoms with E-state index in [0.29, 0.717) is 64.1 Å². The maximum atomic E-state index is 15.5. The number of hydrogen-bond donors (Lipinski definition) is 5. The molecule has 2 saturated heterocycles. The predicted molar refractivity (Wildman–Crippen MR) is 174 cm³/mol. The van der Waals surface area contributed by atoms with E-state index in [9.17, 15) is 34.3 Å². The SMILES string of the molecule is CNc1cc(F)c(C#N)c2c1[nH]c1ncc(-c3cnc4c(c3)c(=O)c(C(=O)O)cn4C)c(N3CC[C@H]4C[N+](C)(COP(=O)(O)O)C[C@H]43)c12. The third-order valence-corrected chi connectivity index (χ3v) is 10.0. The van der Waals surface area contributed by atoms with Gasteiger partial charge >= 0.3 is 13.8 Å². The van der Waals surface area contributed by atoms with E-state index in [-0.39, 0.29) is 39.8 Å². The van der Waals surface area contributed by atoms with Gasteiger partial charge in [0.1, 0.15) is 35.3 Å². The first-order valence-electron chi connectivity index (χ1n) is 15.0. The van der Waals surface area contributed by atoms with E-state index in [4.69, 9.17) is 4.52 Å². The molecular formula is C31H31FN8O7P+. The van der Waals surface area contributed by atoms with E-state index in [2.05, 4.69) is 25.2 Å². The van der Waals surface area contributed by atoms with Crippen LogP contribution in [0.1, 0.15) is 22.3 Å². The Balaban J connectivity index is 1.51. The monoisotopic (exact) mass is 677 g/mol. The summed E-state index contributed by atoms with van der Waals surface area (Å²) in [5.41, 5.74) is 1.86. The lowest BCUT2D eigenvalue weighted by Crippen LogP contribution is -2.46. The number of phosphoric acid groups is 1. The molecule has 0 aliphatic carbocycles. The summed E-state index contributed by atoms with van der Waals surface area (Å²) in [6.45, 7) is 1.42. The highest BCUT2D eigenvalue weighted by atomic mass is 31.2. The number of aromatic amines is 1. The molecule has 15 nitrogen and oxygen atoms in total. The van der Waals surface area contributed by atoms with Crippen molar-refractivity contribution in [3.8, 4) is 17.2 Å². The van der Waals surface area contributed by atoms with Crippen LogP contribution < -0.4 is 15.6 Å². The molecule has 6 heterocycles. The van der Waals surface area contributed by atoms with Crippen molar-refractivity contribution in [1.29, 1.82) is 5.26 Å². The average molecular weight is 678 g/mol. The van der Waals surface area contributed by atoms with Crippen LogP contribution in [0.25, 0.3) is 44.1 Å². The number of aromatic nitrogens is 4. The zero-order valence-electron chi connectivity index (χ0n) is 26.1. The Morgan fingerprint density at radius 2 is 2.04 bits per heavy atom. The molecule has 1 unspecified atom stereocenters. The summed E-state index contributed by atoms with van der Waals surface area (Å²) in [7, 11) is 0.395. The fourth-order valence-corrected chi connectivity index (χ4v) is 7.96. The average Bonchev–Trinajstić information content (AvgIpc) is 3.71. The first-order valence-corrected chi connectivity index (χ1v) is 16.5. The summed E-state index contributed by atoms with van der Waals surface area (Å²) in [6, 6.07) is 4.68. The van der Waals surface area contributed by atoms with E-state index in [1.54, 1.807) is 32.6 Å². The van der Waals surface area contributed by atoms with Crippen LogP contribution in [-0.2, 0) is 16.1 Å². The number of likely N-dealkylation sites (N-methyl/N-ethyl adjacent to an activating group) is 1. The number of anilines is 2. The Morgan fingerprint density at radius 3 is 2.73 bits per heavy atom. The molecule has 5 aromatic rings. The van der Waals surface area contributed by atoms with Gasteiger partial charge in [0.15, 0.2) is 6.73 Å². The number of halogens is 1. The van der Waals surface area contributed by atoms with Crippen LogP contribution in [0.15, 0.2) is 35.5 Å². The molecule has 7 rings (SSSR count). The third kappa shape index (κ3) is 4.99. The lowest BCUT2D eigenvalue weighted by atomic mass is 9.98. The molecular weight excluding hydrogens is 646 g/mol. The lowest BCUT2D eigenvalue weighted by Gasteiger charge is -2.33. The highest BCUT2D eigenvalue weighted by molar-refractivity contribution is 7.46. The molecule has 5 N–H and O–H groups in total. The van der Waals surface area contributed by atoms with Crippen LogP contribution in [0, 0.1) is 23.1 Å². The fourth-order valence-electron chi connectivity index (χ4n) is 7.53. The highest BCUT2D eigenvalue weighted by Gasteiger charge is 2.50. The molecule has 248 valence electrons. The number of likely N-dealkylation sites (tertiary alicyclic amines) is 1. The van der Waals surface area contributed by atoms with Gasteiger partial charge in [-0.3, -0.25) is 4.79 Å². The zero-order valence-corrected chi connectivity index (χ0v) is 27.0. The third-order valence-electron chi connectivity index (χ3n) is 9.57. The molecule has 2 fully saturated rings. The molecule has 1 aromatic carbocycles. The number of quaternary nitrogens is 1. The van der Waals surface area contributed by atoms with Crippen molar-refractivity contribution in [3.63, 3.8) is 0 Å². The fraction of sp³-hybridized carbons (Fsp3) is 0.323. The van der Waals surface area contributed by atoms with Gasteiger partial charge in [-0.1, -0.05) is 0 Å². The Kier molecular flexibility index (Phi) is 7.31. The molecule has 0 spiro atoms. The van der Waals surface area contributed by atoms with E-state index in [1.165, 1.54) is 16.8 Å². The summed E-state index contributed by atoms with van der Waals surface area (Å²) < 4.78 is 33.7. The lowest BCUT2D eigenvalue weighted by molar-refractivity contribution is -0.915. The van der Waals surface area contributed by atoms with Crippen LogP contribution >= 0.6 is 7.82 Å². The van der Waals surface area contributed by atoms with Crippen LogP contribution in [-0.4, -0.2) is 91.4 Å². The molecule has 4 aromatic heterocycles. The number of phosphoric ester groups is 1. The number of fused-ring (bicyclic) bond motifs is 5. The van der Waals surface area contributed by atoms with Crippen molar-refractivity contribution >= 4 is 58.1 Å². The first kappa shape index (κ1) is 31.7. The van der Waals surface area contributed by atoms with Gasteiger partial charge in [0.25, 0.3) is 0 Å². The number of aromatic carboxylic acids is 1. The van der Waals surface area contributed by atoms with Crippen molar-refractivity contribution < 1.29 is 37.7 Å². The minimum Gasteiger partial charge on any atom is -0.477 e. The van der Waals surface area contributed by atoms with E-state index < -0.39 is 30.6 Å². The number of aryl methyl sites for hydroxylation is 1. The molecule has 17 heteroatoms. The van der Waals surface area contributed by atoms with Gasteiger partial charge in [0, 0.05) is 67.7 Å². The number of H-pyrrole nitrogens is 1. The number of nitriles is 1. The second-order valence-corrected chi connectivity index (χ2v) is 13.9.